The Labute approximate surface area is 112 Å². The van der Waals surface area contributed by atoms with Gasteiger partial charge in [0.15, 0.2) is 5.78 Å². The number of nitrogens with zero attached hydrogens (tertiary/aromatic N) is 1. The van der Waals surface area contributed by atoms with E-state index in [0.29, 0.717) is 5.56 Å². The summed E-state index contributed by atoms with van der Waals surface area (Å²) in [5, 5.41) is 3.32. The SMILES string of the molecule is Cc1ccncc1C(=O)C1NCCc2ccccc21. The van der Waals surface area contributed by atoms with E-state index in [9.17, 15) is 4.79 Å². The second-order valence-corrected chi connectivity index (χ2v) is 4.89. The summed E-state index contributed by atoms with van der Waals surface area (Å²) in [5.74, 6) is 0.109. The molecule has 1 aliphatic rings. The lowest BCUT2D eigenvalue weighted by atomic mass is 9.89. The predicted molar refractivity (Wildman–Crippen MR) is 74.2 cm³/mol. The van der Waals surface area contributed by atoms with Gasteiger partial charge in [-0.1, -0.05) is 24.3 Å². The van der Waals surface area contributed by atoms with E-state index in [1.54, 1.807) is 12.4 Å². The van der Waals surface area contributed by atoms with Crippen molar-refractivity contribution in [2.45, 2.75) is 19.4 Å². The van der Waals surface area contributed by atoms with E-state index in [2.05, 4.69) is 16.4 Å². The topological polar surface area (TPSA) is 42.0 Å². The largest absolute Gasteiger partial charge is 0.303 e. The van der Waals surface area contributed by atoms with Gasteiger partial charge < -0.3 is 5.32 Å². The minimum Gasteiger partial charge on any atom is -0.303 e. The van der Waals surface area contributed by atoms with Crippen LogP contribution in [0.5, 0.6) is 0 Å². The molecule has 1 aliphatic heterocycles. The molecule has 0 bridgehead atoms. The van der Waals surface area contributed by atoms with Gasteiger partial charge >= 0.3 is 0 Å². The average molecular weight is 252 g/mol. The third kappa shape index (κ3) is 2.17. The first-order chi connectivity index (χ1) is 9.27. The molecule has 1 unspecified atom stereocenters. The van der Waals surface area contributed by atoms with E-state index in [1.807, 2.05) is 31.2 Å². The summed E-state index contributed by atoms with van der Waals surface area (Å²) in [5.41, 5.74) is 4.05. The summed E-state index contributed by atoms with van der Waals surface area (Å²) < 4.78 is 0. The van der Waals surface area contributed by atoms with E-state index in [-0.39, 0.29) is 11.8 Å². The van der Waals surface area contributed by atoms with Crippen LogP contribution >= 0.6 is 0 Å². The molecular weight excluding hydrogens is 236 g/mol. The molecule has 0 saturated carbocycles. The van der Waals surface area contributed by atoms with Gasteiger partial charge in [0.2, 0.25) is 0 Å². The summed E-state index contributed by atoms with van der Waals surface area (Å²) in [6.45, 7) is 2.79. The Bertz CT molecular complexity index is 622. The lowest BCUT2D eigenvalue weighted by Gasteiger charge is -2.26. The molecule has 3 heteroatoms. The lowest BCUT2D eigenvalue weighted by Crippen LogP contribution is -2.35. The number of aryl methyl sites for hydroxylation is 1. The Hall–Kier alpha value is -2.00. The van der Waals surface area contributed by atoms with Gasteiger partial charge in [0.1, 0.15) is 0 Å². The molecule has 1 N–H and O–H groups in total. The summed E-state index contributed by atoms with van der Waals surface area (Å²) in [6.07, 6.45) is 4.36. The maximum Gasteiger partial charge on any atom is 0.186 e. The van der Waals surface area contributed by atoms with Crippen LogP contribution < -0.4 is 5.32 Å². The third-order valence-electron chi connectivity index (χ3n) is 3.68. The van der Waals surface area contributed by atoms with Crippen molar-refractivity contribution in [1.82, 2.24) is 10.3 Å². The molecule has 0 aliphatic carbocycles. The highest BCUT2D eigenvalue weighted by molar-refractivity contribution is 6.01. The van der Waals surface area contributed by atoms with Crippen LogP contribution in [-0.2, 0) is 6.42 Å². The summed E-state index contributed by atoms with van der Waals surface area (Å²) >= 11 is 0. The van der Waals surface area contributed by atoms with Crippen LogP contribution in [0.15, 0.2) is 42.7 Å². The van der Waals surface area contributed by atoms with E-state index < -0.39 is 0 Å². The van der Waals surface area contributed by atoms with E-state index in [0.717, 1.165) is 24.1 Å². The van der Waals surface area contributed by atoms with E-state index >= 15 is 0 Å². The maximum absolute atomic E-state index is 12.7. The Morgan fingerprint density at radius 3 is 3.00 bits per heavy atom. The number of fused-ring (bicyclic) bond motifs is 1. The number of nitrogens with one attached hydrogen (secondary N) is 1. The second-order valence-electron chi connectivity index (χ2n) is 4.89. The fourth-order valence-electron chi connectivity index (χ4n) is 2.62. The molecule has 0 fully saturated rings. The number of hydrogen-bond donors (Lipinski definition) is 1. The van der Waals surface area contributed by atoms with Crippen molar-refractivity contribution in [2.75, 3.05) is 6.54 Å². The highest BCUT2D eigenvalue weighted by Gasteiger charge is 2.27. The number of pyridine rings is 1. The number of rotatable bonds is 2. The molecule has 1 atom stereocenters. The Kier molecular flexibility index (Phi) is 3.13. The molecule has 2 aromatic rings. The first-order valence-corrected chi connectivity index (χ1v) is 6.53. The van der Waals surface area contributed by atoms with Crippen LogP contribution in [-0.4, -0.2) is 17.3 Å². The van der Waals surface area contributed by atoms with Gasteiger partial charge in [-0.15, -0.1) is 0 Å². The van der Waals surface area contributed by atoms with Crippen molar-refractivity contribution in [1.29, 1.82) is 0 Å². The number of benzene rings is 1. The third-order valence-corrected chi connectivity index (χ3v) is 3.68. The fraction of sp³-hybridized carbons (Fsp3) is 0.250. The Balaban J connectivity index is 2.00. The molecule has 3 rings (SSSR count). The standard InChI is InChI=1S/C16H16N2O/c1-11-6-8-17-10-14(11)16(19)15-13-5-3-2-4-12(13)7-9-18-15/h2-6,8,10,15,18H,7,9H2,1H3. The van der Waals surface area contributed by atoms with Crippen molar-refractivity contribution in [3.05, 3.63) is 65.0 Å². The van der Waals surface area contributed by atoms with Crippen LogP contribution in [0.25, 0.3) is 0 Å². The highest BCUT2D eigenvalue weighted by Crippen LogP contribution is 2.26. The minimum atomic E-state index is -0.243. The van der Waals surface area contributed by atoms with Gasteiger partial charge in [0.05, 0.1) is 6.04 Å². The molecule has 0 saturated heterocycles. The molecule has 2 heterocycles. The monoisotopic (exact) mass is 252 g/mol. The summed E-state index contributed by atoms with van der Waals surface area (Å²) in [4.78, 5) is 16.7. The highest BCUT2D eigenvalue weighted by atomic mass is 16.1. The van der Waals surface area contributed by atoms with Gasteiger partial charge in [-0.05, 0) is 36.1 Å². The first-order valence-electron chi connectivity index (χ1n) is 6.53. The van der Waals surface area contributed by atoms with Crippen molar-refractivity contribution in [3.63, 3.8) is 0 Å². The molecule has 1 aromatic carbocycles. The van der Waals surface area contributed by atoms with Gasteiger partial charge in [-0.3, -0.25) is 9.78 Å². The smallest absolute Gasteiger partial charge is 0.186 e. The number of hydrogen-bond acceptors (Lipinski definition) is 3. The molecule has 0 spiro atoms. The van der Waals surface area contributed by atoms with Gasteiger partial charge in [0.25, 0.3) is 0 Å². The molecule has 3 nitrogen and oxygen atoms in total. The summed E-state index contributed by atoms with van der Waals surface area (Å²) in [6, 6.07) is 9.79. The molecular formula is C16H16N2O. The zero-order valence-electron chi connectivity index (χ0n) is 10.9. The first kappa shape index (κ1) is 12.1. The number of ketones is 1. The number of carbonyl (C=O) groups is 1. The zero-order chi connectivity index (χ0) is 13.2. The van der Waals surface area contributed by atoms with Crippen LogP contribution in [0, 0.1) is 6.92 Å². The normalized spacial score (nSPS) is 17.8. The molecule has 19 heavy (non-hydrogen) atoms. The van der Waals surface area contributed by atoms with E-state index in [1.165, 1.54) is 5.56 Å². The number of Topliss-reactive ketones (excluding diaryl/α,β-unsaturated/α-hetero) is 1. The van der Waals surface area contributed by atoms with Crippen LogP contribution in [0.4, 0.5) is 0 Å². The number of aromatic nitrogens is 1. The molecule has 96 valence electrons. The Morgan fingerprint density at radius 1 is 1.32 bits per heavy atom. The quantitative estimate of drug-likeness (QED) is 0.835. The van der Waals surface area contributed by atoms with E-state index in [4.69, 9.17) is 0 Å². The van der Waals surface area contributed by atoms with Crippen LogP contribution in [0.3, 0.4) is 0 Å². The number of carbonyl (C=O) groups excluding carboxylic acids is 1. The fourth-order valence-corrected chi connectivity index (χ4v) is 2.62. The van der Waals surface area contributed by atoms with Crippen molar-refractivity contribution >= 4 is 5.78 Å². The lowest BCUT2D eigenvalue weighted by molar-refractivity contribution is 0.0938. The van der Waals surface area contributed by atoms with Crippen molar-refractivity contribution in [2.24, 2.45) is 0 Å². The van der Waals surface area contributed by atoms with Gasteiger partial charge in [-0.25, -0.2) is 0 Å². The molecule has 1 aromatic heterocycles. The minimum absolute atomic E-state index is 0.109. The van der Waals surface area contributed by atoms with Crippen LogP contribution in [0.2, 0.25) is 0 Å². The van der Waals surface area contributed by atoms with Crippen molar-refractivity contribution < 1.29 is 4.79 Å². The second kappa shape index (κ2) is 4.94. The predicted octanol–water partition coefficient (Wildman–Crippen LogP) is 2.46. The molecule has 0 radical (unpaired) electrons. The van der Waals surface area contributed by atoms with Gasteiger partial charge in [-0.2, -0.15) is 0 Å². The van der Waals surface area contributed by atoms with Crippen LogP contribution in [0.1, 0.15) is 33.1 Å². The summed E-state index contributed by atoms with van der Waals surface area (Å²) in [7, 11) is 0. The Morgan fingerprint density at radius 2 is 2.16 bits per heavy atom. The molecule has 0 amide bonds. The van der Waals surface area contributed by atoms with Crippen molar-refractivity contribution in [3.8, 4) is 0 Å². The average Bonchev–Trinajstić information content (AvgIpc) is 2.46. The maximum atomic E-state index is 12.7. The van der Waals surface area contributed by atoms with Gasteiger partial charge in [0, 0.05) is 24.5 Å². The zero-order valence-corrected chi connectivity index (χ0v) is 10.9.